The van der Waals surface area contributed by atoms with Gasteiger partial charge in [0.25, 0.3) is 0 Å². The standard InChI is InChI=1S/C17H14ClNO4S/c18-12-6-5-11(9-13(12)19-7-1-4-16(19)21)17(22)23-10-14(20)15-3-2-8-24-15/h2-3,5-6,8-9H,1,4,7,10H2. The predicted octanol–water partition coefficient (Wildman–Crippen LogP) is 3.57. The monoisotopic (exact) mass is 363 g/mol. The Morgan fingerprint density at radius 1 is 1.29 bits per heavy atom. The zero-order chi connectivity index (χ0) is 17.1. The lowest BCUT2D eigenvalue weighted by Crippen LogP contribution is -2.24. The second-order valence-corrected chi connectivity index (χ2v) is 6.65. The molecule has 2 aromatic rings. The third-order valence-corrected chi connectivity index (χ3v) is 4.91. The average Bonchev–Trinajstić information content (AvgIpc) is 3.24. The molecule has 7 heteroatoms. The van der Waals surface area contributed by atoms with Gasteiger partial charge in [0, 0.05) is 13.0 Å². The minimum absolute atomic E-state index is 0.0182. The number of nitrogens with zero attached hydrogens (tertiary/aromatic N) is 1. The van der Waals surface area contributed by atoms with Gasteiger partial charge in [0.1, 0.15) is 0 Å². The summed E-state index contributed by atoms with van der Waals surface area (Å²) in [5, 5.41) is 2.18. The molecule has 0 spiro atoms. The summed E-state index contributed by atoms with van der Waals surface area (Å²) in [6, 6.07) is 8.05. The average molecular weight is 364 g/mol. The van der Waals surface area contributed by atoms with Crippen molar-refractivity contribution in [2.75, 3.05) is 18.1 Å². The van der Waals surface area contributed by atoms with Gasteiger partial charge in [-0.25, -0.2) is 4.79 Å². The first-order valence-electron chi connectivity index (χ1n) is 7.40. The number of ether oxygens (including phenoxy) is 1. The summed E-state index contributed by atoms with van der Waals surface area (Å²) < 4.78 is 5.07. The SMILES string of the molecule is O=C(OCC(=O)c1cccs1)c1ccc(Cl)c(N2CCCC2=O)c1. The van der Waals surface area contributed by atoms with Crippen molar-refractivity contribution >= 4 is 46.3 Å². The first-order chi connectivity index (χ1) is 11.6. The Hall–Kier alpha value is -2.18. The Morgan fingerprint density at radius 2 is 2.12 bits per heavy atom. The first-order valence-corrected chi connectivity index (χ1v) is 8.66. The molecule has 0 atom stereocenters. The Morgan fingerprint density at radius 3 is 2.79 bits per heavy atom. The summed E-state index contributed by atoms with van der Waals surface area (Å²) in [5.41, 5.74) is 0.756. The number of hydrogen-bond acceptors (Lipinski definition) is 5. The van der Waals surface area contributed by atoms with Crippen molar-refractivity contribution in [3.05, 3.63) is 51.2 Å². The zero-order valence-electron chi connectivity index (χ0n) is 12.7. The highest BCUT2D eigenvalue weighted by Gasteiger charge is 2.24. The van der Waals surface area contributed by atoms with Crippen molar-refractivity contribution in [2.24, 2.45) is 0 Å². The number of thiophene rings is 1. The first kappa shape index (κ1) is 16.7. The molecule has 1 aliphatic heterocycles. The van der Waals surface area contributed by atoms with E-state index in [1.54, 1.807) is 28.5 Å². The molecule has 0 N–H and O–H groups in total. The molecule has 0 saturated carbocycles. The molecule has 0 radical (unpaired) electrons. The van der Waals surface area contributed by atoms with Gasteiger partial charge in [0.15, 0.2) is 6.61 Å². The maximum absolute atomic E-state index is 12.2. The van der Waals surface area contributed by atoms with E-state index in [1.807, 2.05) is 0 Å². The molecule has 1 aromatic carbocycles. The van der Waals surface area contributed by atoms with E-state index < -0.39 is 5.97 Å². The fraction of sp³-hybridized carbons (Fsp3) is 0.235. The number of benzene rings is 1. The van der Waals surface area contributed by atoms with Gasteiger partial charge in [-0.15, -0.1) is 11.3 Å². The third kappa shape index (κ3) is 3.49. The van der Waals surface area contributed by atoms with Gasteiger partial charge in [0.05, 0.1) is 21.2 Å². The van der Waals surface area contributed by atoms with Gasteiger partial charge in [0.2, 0.25) is 11.7 Å². The van der Waals surface area contributed by atoms with Crippen molar-refractivity contribution in [3.63, 3.8) is 0 Å². The van der Waals surface area contributed by atoms with Crippen molar-refractivity contribution in [1.29, 1.82) is 0 Å². The molecule has 0 unspecified atom stereocenters. The Kier molecular flexibility index (Phi) is 4.97. The van der Waals surface area contributed by atoms with Gasteiger partial charge >= 0.3 is 5.97 Å². The van der Waals surface area contributed by atoms with Crippen molar-refractivity contribution < 1.29 is 19.1 Å². The van der Waals surface area contributed by atoms with Crippen LogP contribution < -0.4 is 4.90 Å². The normalized spacial score (nSPS) is 14.0. The van der Waals surface area contributed by atoms with Crippen LogP contribution in [0.3, 0.4) is 0 Å². The molecule has 124 valence electrons. The molecule has 3 rings (SSSR count). The predicted molar refractivity (Wildman–Crippen MR) is 92.0 cm³/mol. The van der Waals surface area contributed by atoms with Crippen LogP contribution in [0.1, 0.15) is 32.9 Å². The second-order valence-electron chi connectivity index (χ2n) is 5.29. The van der Waals surface area contributed by atoms with E-state index >= 15 is 0 Å². The molecule has 1 saturated heterocycles. The van der Waals surface area contributed by atoms with Crippen LogP contribution in [-0.4, -0.2) is 30.8 Å². The second kappa shape index (κ2) is 7.15. The lowest BCUT2D eigenvalue weighted by Gasteiger charge is -2.18. The van der Waals surface area contributed by atoms with E-state index in [9.17, 15) is 14.4 Å². The summed E-state index contributed by atoms with van der Waals surface area (Å²) >= 11 is 7.44. The van der Waals surface area contributed by atoms with Gasteiger partial charge in [-0.1, -0.05) is 17.7 Å². The smallest absolute Gasteiger partial charge is 0.338 e. The van der Waals surface area contributed by atoms with Crippen LogP contribution in [0.4, 0.5) is 5.69 Å². The van der Waals surface area contributed by atoms with Gasteiger partial charge < -0.3 is 9.64 Å². The lowest BCUT2D eigenvalue weighted by molar-refractivity contribution is -0.117. The minimum atomic E-state index is -0.621. The summed E-state index contributed by atoms with van der Waals surface area (Å²) in [6.45, 7) is 0.258. The van der Waals surface area contributed by atoms with E-state index in [2.05, 4.69) is 0 Å². The van der Waals surface area contributed by atoms with Gasteiger partial charge in [-0.3, -0.25) is 9.59 Å². The highest BCUT2D eigenvalue weighted by atomic mass is 35.5. The fourth-order valence-corrected chi connectivity index (χ4v) is 3.34. The number of esters is 1. The summed E-state index contributed by atoms with van der Waals surface area (Å²) in [4.78, 5) is 38.0. The third-order valence-electron chi connectivity index (χ3n) is 3.68. The molecule has 0 bridgehead atoms. The van der Waals surface area contributed by atoms with Crippen molar-refractivity contribution in [1.82, 2.24) is 0 Å². The van der Waals surface area contributed by atoms with Crippen LogP contribution >= 0.6 is 22.9 Å². The fourth-order valence-electron chi connectivity index (χ4n) is 2.47. The van der Waals surface area contributed by atoms with E-state index in [0.717, 1.165) is 6.42 Å². The summed E-state index contributed by atoms with van der Waals surface area (Å²) in [6.07, 6.45) is 1.24. The molecule has 1 aliphatic rings. The lowest BCUT2D eigenvalue weighted by atomic mass is 10.2. The topological polar surface area (TPSA) is 63.7 Å². The van der Waals surface area contributed by atoms with E-state index in [4.69, 9.17) is 16.3 Å². The maximum Gasteiger partial charge on any atom is 0.338 e. The van der Waals surface area contributed by atoms with E-state index in [0.29, 0.717) is 28.6 Å². The molecule has 0 aliphatic carbocycles. The number of Topliss-reactive ketones (excluding diaryl/α,β-unsaturated/α-hetero) is 1. The van der Waals surface area contributed by atoms with E-state index in [-0.39, 0.29) is 23.9 Å². The molecule has 1 aromatic heterocycles. The van der Waals surface area contributed by atoms with Crippen LogP contribution in [0.15, 0.2) is 35.7 Å². The number of carbonyl (C=O) groups is 3. The van der Waals surface area contributed by atoms with Crippen LogP contribution in [0.5, 0.6) is 0 Å². The van der Waals surface area contributed by atoms with Gasteiger partial charge in [-0.2, -0.15) is 0 Å². The van der Waals surface area contributed by atoms with Crippen molar-refractivity contribution in [3.8, 4) is 0 Å². The molecule has 5 nitrogen and oxygen atoms in total. The minimum Gasteiger partial charge on any atom is -0.454 e. The summed E-state index contributed by atoms with van der Waals surface area (Å²) in [7, 11) is 0. The molecular formula is C17H14ClNO4S. The number of halogens is 1. The molecule has 24 heavy (non-hydrogen) atoms. The molecular weight excluding hydrogens is 350 g/mol. The number of carbonyl (C=O) groups excluding carboxylic acids is 3. The number of hydrogen-bond donors (Lipinski definition) is 0. The zero-order valence-corrected chi connectivity index (χ0v) is 14.2. The number of rotatable bonds is 5. The Bertz CT molecular complexity index is 788. The number of anilines is 1. The maximum atomic E-state index is 12.2. The van der Waals surface area contributed by atoms with E-state index in [1.165, 1.54) is 23.5 Å². The van der Waals surface area contributed by atoms with Crippen LogP contribution in [0.25, 0.3) is 0 Å². The van der Waals surface area contributed by atoms with Gasteiger partial charge in [-0.05, 0) is 36.1 Å². The Balaban J connectivity index is 1.71. The quantitative estimate of drug-likeness (QED) is 0.601. The largest absolute Gasteiger partial charge is 0.454 e. The highest BCUT2D eigenvalue weighted by molar-refractivity contribution is 7.12. The summed E-state index contributed by atoms with van der Waals surface area (Å²) in [5.74, 6) is -0.887. The van der Waals surface area contributed by atoms with Crippen LogP contribution in [0.2, 0.25) is 5.02 Å². The van der Waals surface area contributed by atoms with Crippen LogP contribution in [-0.2, 0) is 9.53 Å². The molecule has 1 amide bonds. The molecule has 1 fully saturated rings. The highest BCUT2D eigenvalue weighted by Crippen LogP contribution is 2.30. The Labute approximate surface area is 147 Å². The number of ketones is 1. The van der Waals surface area contributed by atoms with Crippen LogP contribution in [0, 0.1) is 0 Å². The molecule has 2 heterocycles. The number of amides is 1. The van der Waals surface area contributed by atoms with Crippen molar-refractivity contribution in [2.45, 2.75) is 12.8 Å².